The first-order valence-electron chi connectivity index (χ1n) is 19.1. The van der Waals surface area contributed by atoms with E-state index in [9.17, 15) is 10.5 Å². The lowest BCUT2D eigenvalue weighted by molar-refractivity contribution is 1.01. The molecule has 9 aromatic carbocycles. The van der Waals surface area contributed by atoms with Crippen molar-refractivity contribution in [2.24, 2.45) is 0 Å². The number of rotatable bonds is 2. The Balaban J connectivity index is 1.15. The van der Waals surface area contributed by atoms with Gasteiger partial charge in [-0.05, 0) is 113 Å². The molecule has 254 valence electrons. The number of nitriles is 2. The monoisotopic (exact) mass is 705 g/mol. The first-order chi connectivity index (χ1) is 27.7. The lowest BCUT2D eigenvalue weighted by atomic mass is 9.82. The highest BCUT2D eigenvalue weighted by Crippen LogP contribution is 2.58. The van der Waals surface area contributed by atoms with Crippen LogP contribution in [0.5, 0.6) is 0 Å². The van der Waals surface area contributed by atoms with E-state index >= 15 is 0 Å². The van der Waals surface area contributed by atoms with Crippen LogP contribution in [0.2, 0.25) is 0 Å². The van der Waals surface area contributed by atoms with Gasteiger partial charge in [0.1, 0.15) is 12.1 Å². The molecule has 1 heterocycles. The molecule has 0 N–H and O–H groups in total. The van der Waals surface area contributed by atoms with Gasteiger partial charge in [-0.2, -0.15) is 10.5 Å². The molecule has 3 heteroatoms. The molecule has 0 bridgehead atoms. The second kappa shape index (κ2) is 10.5. The number of fused-ring (bicyclic) bond motifs is 14. The minimum atomic E-state index is -0.213. The summed E-state index contributed by atoms with van der Waals surface area (Å²) in [6.45, 7) is 0. The van der Waals surface area contributed by atoms with E-state index in [4.69, 9.17) is 0 Å². The Morgan fingerprint density at radius 2 is 0.982 bits per heavy atom. The largest absolute Gasteiger partial charge is 0.306 e. The number of aromatic nitrogens is 1. The smallest absolute Gasteiger partial charge is 0.102 e. The van der Waals surface area contributed by atoms with Gasteiger partial charge in [0.25, 0.3) is 0 Å². The van der Waals surface area contributed by atoms with Crippen molar-refractivity contribution in [3.63, 3.8) is 0 Å². The maximum Gasteiger partial charge on any atom is 0.102 e. The zero-order valence-corrected chi connectivity index (χ0v) is 29.9. The molecule has 1 unspecified atom stereocenters. The van der Waals surface area contributed by atoms with Gasteiger partial charge in [0.15, 0.2) is 0 Å². The average Bonchev–Trinajstić information content (AvgIpc) is 3.98. The predicted molar refractivity (Wildman–Crippen MR) is 227 cm³/mol. The Bertz CT molecular complexity index is 3570. The van der Waals surface area contributed by atoms with Crippen LogP contribution in [-0.4, -0.2) is 4.57 Å². The zero-order valence-electron chi connectivity index (χ0n) is 29.9. The molecule has 1 aromatic heterocycles. The van der Waals surface area contributed by atoms with Crippen LogP contribution in [0.3, 0.4) is 0 Å². The maximum absolute atomic E-state index is 11.5. The summed E-state index contributed by atoms with van der Waals surface area (Å²) in [5, 5.41) is 29.4. The van der Waals surface area contributed by atoms with Gasteiger partial charge in [0.05, 0.1) is 27.8 Å². The number of nitrogens with zero attached hydrogens (tertiary/aromatic N) is 3. The molecule has 0 spiro atoms. The Labute approximate surface area is 322 Å². The molecule has 56 heavy (non-hydrogen) atoms. The van der Waals surface area contributed by atoms with Crippen molar-refractivity contribution in [1.29, 1.82) is 10.5 Å². The predicted octanol–water partition coefficient (Wildman–Crippen LogP) is 13.3. The summed E-state index contributed by atoms with van der Waals surface area (Å²) < 4.78 is 2.23. The lowest BCUT2D eigenvalue weighted by Crippen LogP contribution is -2.09. The van der Waals surface area contributed by atoms with Gasteiger partial charge < -0.3 is 4.57 Å². The van der Waals surface area contributed by atoms with E-state index in [0.717, 1.165) is 32.8 Å². The van der Waals surface area contributed by atoms with Gasteiger partial charge in [0, 0.05) is 22.1 Å². The first kappa shape index (κ1) is 29.7. The summed E-state index contributed by atoms with van der Waals surface area (Å²) in [5.41, 5.74) is 19.3. The van der Waals surface area contributed by atoms with Crippen LogP contribution in [0.15, 0.2) is 158 Å². The fourth-order valence-corrected chi connectivity index (χ4v) is 10.7. The van der Waals surface area contributed by atoms with Crippen LogP contribution in [0, 0.1) is 22.7 Å². The molecular formula is C53H27N3. The van der Waals surface area contributed by atoms with E-state index < -0.39 is 0 Å². The molecule has 0 fully saturated rings. The van der Waals surface area contributed by atoms with Crippen LogP contribution in [0.1, 0.15) is 33.7 Å². The molecule has 3 nitrogen and oxygen atoms in total. The molecule has 0 amide bonds. The third kappa shape index (κ3) is 3.47. The van der Waals surface area contributed by atoms with Crippen molar-refractivity contribution in [3.8, 4) is 73.5 Å². The van der Waals surface area contributed by atoms with Crippen LogP contribution in [0.4, 0.5) is 0 Å². The first-order valence-corrected chi connectivity index (χ1v) is 19.1. The Kier molecular flexibility index (Phi) is 5.56. The number of benzene rings is 9. The summed E-state index contributed by atoms with van der Waals surface area (Å²) in [5.74, 6) is -0.213. The van der Waals surface area contributed by atoms with Gasteiger partial charge in [-0.15, -0.1) is 0 Å². The van der Waals surface area contributed by atoms with Gasteiger partial charge in [-0.25, -0.2) is 0 Å². The van der Waals surface area contributed by atoms with Crippen molar-refractivity contribution >= 4 is 43.4 Å². The van der Waals surface area contributed by atoms with Crippen molar-refractivity contribution in [3.05, 3.63) is 186 Å². The third-order valence-corrected chi connectivity index (χ3v) is 12.8. The van der Waals surface area contributed by atoms with Crippen LogP contribution < -0.4 is 0 Å². The van der Waals surface area contributed by atoms with E-state index in [0.29, 0.717) is 16.8 Å². The summed E-state index contributed by atoms with van der Waals surface area (Å²) in [6.07, 6.45) is 0. The quantitative estimate of drug-likeness (QED) is 0.180. The van der Waals surface area contributed by atoms with Crippen LogP contribution in [0.25, 0.3) is 105 Å². The van der Waals surface area contributed by atoms with Crippen LogP contribution >= 0.6 is 0 Å². The Hall–Kier alpha value is -7.72. The second-order valence-electron chi connectivity index (χ2n) is 15.3. The minimum absolute atomic E-state index is 0.213. The highest BCUT2D eigenvalue weighted by molar-refractivity contribution is 6.28. The van der Waals surface area contributed by atoms with Crippen molar-refractivity contribution in [2.45, 2.75) is 5.92 Å². The average molecular weight is 706 g/mol. The molecule has 0 saturated heterocycles. The van der Waals surface area contributed by atoms with E-state index in [1.807, 2.05) is 12.1 Å². The highest BCUT2D eigenvalue weighted by atomic mass is 15.0. The normalized spacial score (nSPS) is 13.9. The highest BCUT2D eigenvalue weighted by Gasteiger charge is 2.37. The van der Waals surface area contributed by atoms with E-state index in [1.165, 1.54) is 82.9 Å². The third-order valence-electron chi connectivity index (χ3n) is 12.8. The molecular weight excluding hydrogens is 679 g/mol. The summed E-state index contributed by atoms with van der Waals surface area (Å²) in [6, 6.07) is 61.6. The van der Waals surface area contributed by atoms with E-state index in [-0.39, 0.29) is 5.92 Å². The molecule has 10 aromatic rings. The summed E-state index contributed by atoms with van der Waals surface area (Å²) >= 11 is 0. The summed E-state index contributed by atoms with van der Waals surface area (Å²) in [4.78, 5) is 0. The van der Waals surface area contributed by atoms with Crippen molar-refractivity contribution < 1.29 is 0 Å². The standard InChI is InChI=1S/C53H27N3/c54-27-29-23-24-39(50-38-17-6-5-15-34(38)44-25-42-32-13-3-1-11-30(32)36-18-9-20-40(48(36)42)51(44)50)46(28-55)52(29)56-47-22-8-7-16-35(47)45-26-43-33-14-4-2-12-31(33)37-19-10-21-41(49(37)43)53(45)56/h1-26,50H. The van der Waals surface area contributed by atoms with Crippen molar-refractivity contribution in [2.75, 3.05) is 0 Å². The Morgan fingerprint density at radius 3 is 1.70 bits per heavy atom. The fraction of sp³-hybridized carbons (Fsp3) is 0.0189. The maximum atomic E-state index is 11.5. The molecule has 1 atom stereocenters. The van der Waals surface area contributed by atoms with Crippen molar-refractivity contribution in [1.82, 2.24) is 4.57 Å². The van der Waals surface area contributed by atoms with Crippen LogP contribution in [-0.2, 0) is 0 Å². The Morgan fingerprint density at radius 1 is 0.411 bits per heavy atom. The summed E-state index contributed by atoms with van der Waals surface area (Å²) in [7, 11) is 0. The topological polar surface area (TPSA) is 52.5 Å². The molecule has 0 radical (unpaired) electrons. The molecule has 0 saturated carbocycles. The lowest BCUT2D eigenvalue weighted by Gasteiger charge is -2.22. The number of para-hydroxylation sites is 1. The number of hydrogen-bond donors (Lipinski definition) is 0. The van der Waals surface area contributed by atoms with Gasteiger partial charge in [0.2, 0.25) is 0 Å². The molecule has 3 aliphatic rings. The minimum Gasteiger partial charge on any atom is -0.306 e. The van der Waals surface area contributed by atoms with E-state index in [1.54, 1.807) is 0 Å². The second-order valence-corrected chi connectivity index (χ2v) is 15.3. The zero-order chi connectivity index (χ0) is 36.8. The SMILES string of the molecule is N#Cc1ccc(C2c3ccccc3-c3cc4c5c(cccc5c32)-c2ccccc2-4)c(C#N)c1-n1c2ccccc2c2cc3c4c(cccc4c21)-c1ccccc1-3. The molecule has 0 aliphatic heterocycles. The van der Waals surface area contributed by atoms with Gasteiger partial charge >= 0.3 is 0 Å². The molecule has 3 aliphatic carbocycles. The fourth-order valence-electron chi connectivity index (χ4n) is 10.7. The van der Waals surface area contributed by atoms with Gasteiger partial charge in [-0.3, -0.25) is 0 Å². The van der Waals surface area contributed by atoms with E-state index in [2.05, 4.69) is 162 Å². The number of hydrogen-bond acceptors (Lipinski definition) is 2. The van der Waals surface area contributed by atoms with Gasteiger partial charge in [-0.1, -0.05) is 133 Å². The molecule has 13 rings (SSSR count).